The predicted octanol–water partition coefficient (Wildman–Crippen LogP) is 3.68. The third-order valence-electron chi connectivity index (χ3n) is 5.60. The number of piperazine rings is 1. The molecule has 0 saturated carbocycles. The van der Waals surface area contributed by atoms with E-state index in [1.54, 1.807) is 46.2 Å². The zero-order valence-corrected chi connectivity index (χ0v) is 18.7. The molecule has 0 radical (unpaired) electrons. The van der Waals surface area contributed by atoms with E-state index in [1.807, 2.05) is 13.8 Å². The maximum atomic E-state index is 12.7. The van der Waals surface area contributed by atoms with Crippen molar-refractivity contribution in [1.29, 1.82) is 0 Å². The number of carbonyl (C=O) groups is 2. The Kier molecular flexibility index (Phi) is 7.52. The Morgan fingerprint density at radius 2 is 1.06 bits per heavy atom. The zero-order valence-electron chi connectivity index (χ0n) is 18.7. The van der Waals surface area contributed by atoms with E-state index in [0.29, 0.717) is 24.2 Å². The Labute approximate surface area is 196 Å². The lowest BCUT2D eigenvalue weighted by Crippen LogP contribution is -2.59. The fraction of sp³-hybridized carbons (Fsp3) is 0.250. The van der Waals surface area contributed by atoms with Crippen molar-refractivity contribution < 1.29 is 19.4 Å². The normalized spacial score (nSPS) is 18.4. The van der Waals surface area contributed by atoms with Gasteiger partial charge in [-0.2, -0.15) is 0 Å². The highest BCUT2D eigenvalue weighted by molar-refractivity contribution is 5.94. The van der Waals surface area contributed by atoms with Gasteiger partial charge in [-0.15, -0.1) is 0 Å². The standard InChI is InChI=1S/C24H24N4O6/c1-17-15-26(24(30)14-8-20-5-11-22(12-6-20)28(33)34)18(2)16-25(17)23(29)13-7-19-3-9-21(10-4-19)27(31)32/h3-14,17-18H,15-16H2,1-2H3/b13-7+,14-8+. The van der Waals surface area contributed by atoms with Crippen molar-refractivity contribution in [3.63, 3.8) is 0 Å². The Balaban J connectivity index is 1.60. The average molecular weight is 464 g/mol. The molecule has 1 saturated heterocycles. The van der Waals surface area contributed by atoms with Crippen molar-refractivity contribution in [3.8, 4) is 0 Å². The van der Waals surface area contributed by atoms with E-state index in [4.69, 9.17) is 0 Å². The summed E-state index contributed by atoms with van der Waals surface area (Å²) in [7, 11) is 0. The van der Waals surface area contributed by atoms with Gasteiger partial charge in [-0.05, 0) is 61.4 Å². The lowest BCUT2D eigenvalue weighted by molar-refractivity contribution is -0.385. The number of non-ortho nitro benzene ring substituents is 2. The number of nitrogens with zero attached hydrogens (tertiary/aromatic N) is 4. The molecule has 2 unspecified atom stereocenters. The minimum atomic E-state index is -0.483. The van der Waals surface area contributed by atoms with Crippen LogP contribution in [0.2, 0.25) is 0 Å². The second-order valence-corrected chi connectivity index (χ2v) is 8.04. The summed E-state index contributed by atoms with van der Waals surface area (Å²) in [5.74, 6) is -0.405. The molecule has 10 heteroatoms. The van der Waals surface area contributed by atoms with E-state index in [9.17, 15) is 29.8 Å². The van der Waals surface area contributed by atoms with Crippen LogP contribution in [0, 0.1) is 20.2 Å². The van der Waals surface area contributed by atoms with E-state index in [0.717, 1.165) is 0 Å². The maximum Gasteiger partial charge on any atom is 0.269 e. The summed E-state index contributed by atoms with van der Waals surface area (Å²) in [6.45, 7) is 4.46. The molecule has 2 aromatic rings. The van der Waals surface area contributed by atoms with Crippen molar-refractivity contribution in [3.05, 3.63) is 92.0 Å². The van der Waals surface area contributed by atoms with Crippen LogP contribution in [0.5, 0.6) is 0 Å². The van der Waals surface area contributed by atoms with Crippen LogP contribution in [0.1, 0.15) is 25.0 Å². The molecule has 1 fully saturated rings. The predicted molar refractivity (Wildman–Crippen MR) is 127 cm³/mol. The monoisotopic (exact) mass is 464 g/mol. The van der Waals surface area contributed by atoms with E-state index in [-0.39, 0.29) is 35.3 Å². The zero-order chi connectivity index (χ0) is 24.8. The third-order valence-corrected chi connectivity index (χ3v) is 5.60. The molecular weight excluding hydrogens is 440 g/mol. The first-order valence-corrected chi connectivity index (χ1v) is 10.6. The van der Waals surface area contributed by atoms with Crippen LogP contribution in [0.3, 0.4) is 0 Å². The van der Waals surface area contributed by atoms with Gasteiger partial charge in [0, 0.05) is 61.6 Å². The smallest absolute Gasteiger partial charge is 0.269 e. The quantitative estimate of drug-likeness (QED) is 0.365. The summed E-state index contributed by atoms with van der Waals surface area (Å²) in [6.07, 6.45) is 6.06. The van der Waals surface area contributed by atoms with Crippen LogP contribution in [-0.2, 0) is 9.59 Å². The first kappa shape index (κ1) is 24.3. The first-order chi connectivity index (χ1) is 16.2. The fourth-order valence-electron chi connectivity index (χ4n) is 3.68. The fourth-order valence-corrected chi connectivity index (χ4v) is 3.68. The van der Waals surface area contributed by atoms with Crippen molar-refractivity contribution in [2.45, 2.75) is 25.9 Å². The van der Waals surface area contributed by atoms with Crippen molar-refractivity contribution in [2.75, 3.05) is 13.1 Å². The van der Waals surface area contributed by atoms with Crippen molar-refractivity contribution in [2.24, 2.45) is 0 Å². The van der Waals surface area contributed by atoms with Gasteiger partial charge >= 0.3 is 0 Å². The van der Waals surface area contributed by atoms with Crippen LogP contribution in [0.4, 0.5) is 11.4 Å². The van der Waals surface area contributed by atoms with Gasteiger partial charge in [0.2, 0.25) is 11.8 Å². The summed E-state index contributed by atoms with van der Waals surface area (Å²) in [6, 6.07) is 11.4. The van der Waals surface area contributed by atoms with Gasteiger partial charge in [-0.3, -0.25) is 29.8 Å². The molecule has 0 aliphatic carbocycles. The average Bonchev–Trinajstić information content (AvgIpc) is 2.82. The van der Waals surface area contributed by atoms with E-state index >= 15 is 0 Å². The molecule has 176 valence electrons. The van der Waals surface area contributed by atoms with Crippen LogP contribution in [-0.4, -0.2) is 56.6 Å². The molecule has 34 heavy (non-hydrogen) atoms. The Bertz CT molecular complexity index is 1050. The Morgan fingerprint density at radius 1 is 0.735 bits per heavy atom. The summed E-state index contributed by atoms with van der Waals surface area (Å²) < 4.78 is 0. The molecule has 0 spiro atoms. The molecule has 0 aromatic heterocycles. The van der Waals surface area contributed by atoms with Gasteiger partial charge in [0.05, 0.1) is 9.85 Å². The highest BCUT2D eigenvalue weighted by atomic mass is 16.6. The molecule has 0 bridgehead atoms. The summed E-state index contributed by atoms with van der Waals surface area (Å²) in [5.41, 5.74) is 1.30. The molecule has 10 nitrogen and oxygen atoms in total. The topological polar surface area (TPSA) is 127 Å². The summed E-state index contributed by atoms with van der Waals surface area (Å²) >= 11 is 0. The van der Waals surface area contributed by atoms with E-state index in [1.165, 1.54) is 36.4 Å². The largest absolute Gasteiger partial charge is 0.333 e. The molecular formula is C24H24N4O6. The molecule has 3 rings (SSSR count). The second-order valence-electron chi connectivity index (χ2n) is 8.04. The summed E-state index contributed by atoms with van der Waals surface area (Å²) in [4.78, 5) is 49.4. The number of amides is 2. The number of nitro groups is 2. The van der Waals surface area contributed by atoms with Gasteiger partial charge in [0.1, 0.15) is 0 Å². The van der Waals surface area contributed by atoms with Crippen LogP contribution in [0.15, 0.2) is 60.7 Å². The van der Waals surface area contributed by atoms with Gasteiger partial charge < -0.3 is 9.80 Å². The van der Waals surface area contributed by atoms with Crippen LogP contribution >= 0.6 is 0 Å². The van der Waals surface area contributed by atoms with Gasteiger partial charge in [-0.25, -0.2) is 0 Å². The van der Waals surface area contributed by atoms with Crippen LogP contribution < -0.4 is 0 Å². The van der Waals surface area contributed by atoms with Gasteiger partial charge in [-0.1, -0.05) is 0 Å². The first-order valence-electron chi connectivity index (χ1n) is 10.6. The minimum absolute atomic E-state index is 0.0191. The molecule has 0 N–H and O–H groups in total. The molecule has 2 aromatic carbocycles. The number of carbonyl (C=O) groups excluding carboxylic acids is 2. The number of hydrogen-bond donors (Lipinski definition) is 0. The second kappa shape index (κ2) is 10.5. The molecule has 1 heterocycles. The Hall–Kier alpha value is -4.34. The highest BCUT2D eigenvalue weighted by Gasteiger charge is 2.32. The number of nitro benzene ring substituents is 2. The van der Waals surface area contributed by atoms with Crippen molar-refractivity contribution in [1.82, 2.24) is 9.80 Å². The molecule has 2 atom stereocenters. The number of hydrogen-bond acceptors (Lipinski definition) is 6. The Morgan fingerprint density at radius 3 is 1.35 bits per heavy atom. The van der Waals surface area contributed by atoms with E-state index < -0.39 is 9.85 Å². The van der Waals surface area contributed by atoms with Gasteiger partial charge in [0.15, 0.2) is 0 Å². The molecule has 1 aliphatic heterocycles. The lowest BCUT2D eigenvalue weighted by atomic mass is 10.1. The molecule has 1 aliphatic rings. The van der Waals surface area contributed by atoms with E-state index in [2.05, 4.69) is 0 Å². The highest BCUT2D eigenvalue weighted by Crippen LogP contribution is 2.19. The summed E-state index contributed by atoms with van der Waals surface area (Å²) in [5, 5.41) is 21.5. The number of benzene rings is 2. The minimum Gasteiger partial charge on any atom is -0.333 e. The van der Waals surface area contributed by atoms with Gasteiger partial charge in [0.25, 0.3) is 11.4 Å². The maximum absolute atomic E-state index is 12.7. The van der Waals surface area contributed by atoms with Crippen LogP contribution in [0.25, 0.3) is 12.2 Å². The SMILES string of the molecule is CC1CN(C(=O)/C=C/c2ccc([N+](=O)[O-])cc2)C(C)CN1C(=O)/C=C/c1ccc([N+](=O)[O-])cc1. The van der Waals surface area contributed by atoms with Crippen molar-refractivity contribution >= 4 is 35.3 Å². The molecule has 2 amide bonds. The lowest BCUT2D eigenvalue weighted by Gasteiger charge is -2.43. The number of rotatable bonds is 6. The third kappa shape index (κ3) is 5.91.